The fraction of sp³-hybridized carbons (Fsp3) is 0.933. The van der Waals surface area contributed by atoms with Crippen LogP contribution in [0.4, 0.5) is 0 Å². The average molecular weight is 271 g/mol. The average Bonchev–Trinajstić information content (AvgIpc) is 2.44. The SMILES string of the molecule is CCC(O)(CC)CNC(=O)COC1CCCCC1C. The molecule has 2 unspecified atom stereocenters. The quantitative estimate of drug-likeness (QED) is 0.746. The van der Waals surface area contributed by atoms with Gasteiger partial charge in [0.05, 0.1) is 11.7 Å². The Morgan fingerprint density at radius 3 is 2.53 bits per heavy atom. The van der Waals surface area contributed by atoms with E-state index in [4.69, 9.17) is 4.74 Å². The minimum absolute atomic E-state index is 0.110. The number of carbonyl (C=O) groups is 1. The van der Waals surface area contributed by atoms with Gasteiger partial charge in [0.15, 0.2) is 0 Å². The molecule has 0 heterocycles. The van der Waals surface area contributed by atoms with Crippen molar-refractivity contribution in [3.8, 4) is 0 Å². The molecular formula is C15H29NO3. The highest BCUT2D eigenvalue weighted by atomic mass is 16.5. The molecule has 0 aliphatic heterocycles. The molecule has 0 bridgehead atoms. The number of amides is 1. The van der Waals surface area contributed by atoms with Gasteiger partial charge in [0, 0.05) is 6.54 Å². The van der Waals surface area contributed by atoms with Crippen molar-refractivity contribution in [2.75, 3.05) is 13.2 Å². The van der Waals surface area contributed by atoms with Gasteiger partial charge in [-0.1, -0.05) is 33.6 Å². The molecule has 1 aliphatic carbocycles. The Hall–Kier alpha value is -0.610. The zero-order valence-electron chi connectivity index (χ0n) is 12.6. The van der Waals surface area contributed by atoms with E-state index >= 15 is 0 Å². The third-order valence-electron chi connectivity index (χ3n) is 4.39. The Labute approximate surface area is 116 Å². The standard InChI is InChI=1S/C15H29NO3/c1-4-15(18,5-2)11-16-14(17)10-19-13-9-7-6-8-12(13)3/h12-13,18H,4-11H2,1-3H3,(H,16,17). The number of rotatable bonds is 7. The first-order valence-electron chi connectivity index (χ1n) is 7.61. The maximum Gasteiger partial charge on any atom is 0.246 e. The molecule has 1 fully saturated rings. The second-order valence-corrected chi connectivity index (χ2v) is 5.82. The van der Waals surface area contributed by atoms with Crippen LogP contribution in [0.25, 0.3) is 0 Å². The summed E-state index contributed by atoms with van der Waals surface area (Å²) >= 11 is 0. The molecule has 4 heteroatoms. The van der Waals surface area contributed by atoms with Crippen LogP contribution < -0.4 is 5.32 Å². The number of nitrogens with one attached hydrogen (secondary N) is 1. The van der Waals surface area contributed by atoms with Crippen molar-refractivity contribution in [2.24, 2.45) is 5.92 Å². The van der Waals surface area contributed by atoms with Gasteiger partial charge in [-0.05, 0) is 31.6 Å². The van der Waals surface area contributed by atoms with Crippen LogP contribution in [0.1, 0.15) is 59.3 Å². The molecule has 2 atom stereocenters. The molecule has 1 saturated carbocycles. The second-order valence-electron chi connectivity index (χ2n) is 5.82. The molecule has 19 heavy (non-hydrogen) atoms. The third kappa shape index (κ3) is 5.49. The van der Waals surface area contributed by atoms with E-state index in [2.05, 4.69) is 12.2 Å². The molecule has 0 aromatic carbocycles. The number of aliphatic hydroxyl groups is 1. The number of hydrogen-bond acceptors (Lipinski definition) is 3. The van der Waals surface area contributed by atoms with Crippen LogP contribution in [0.2, 0.25) is 0 Å². The van der Waals surface area contributed by atoms with Crippen molar-refractivity contribution in [3.05, 3.63) is 0 Å². The first-order valence-corrected chi connectivity index (χ1v) is 7.61. The summed E-state index contributed by atoms with van der Waals surface area (Å²) in [6.07, 6.45) is 6.22. The van der Waals surface area contributed by atoms with Crippen LogP contribution in [0.15, 0.2) is 0 Å². The topological polar surface area (TPSA) is 58.6 Å². The number of hydrogen-bond donors (Lipinski definition) is 2. The molecule has 2 N–H and O–H groups in total. The fourth-order valence-electron chi connectivity index (χ4n) is 2.53. The molecular weight excluding hydrogens is 242 g/mol. The molecule has 0 spiro atoms. The van der Waals surface area contributed by atoms with E-state index in [-0.39, 0.29) is 18.6 Å². The molecule has 4 nitrogen and oxygen atoms in total. The van der Waals surface area contributed by atoms with Gasteiger partial charge in [-0.2, -0.15) is 0 Å². The van der Waals surface area contributed by atoms with E-state index in [0.29, 0.717) is 25.3 Å². The van der Waals surface area contributed by atoms with Gasteiger partial charge in [-0.3, -0.25) is 4.79 Å². The first-order chi connectivity index (χ1) is 9.00. The molecule has 1 rings (SSSR count). The van der Waals surface area contributed by atoms with Crippen molar-refractivity contribution in [1.29, 1.82) is 0 Å². The minimum atomic E-state index is -0.784. The predicted octanol–water partition coefficient (Wildman–Crippen LogP) is 2.25. The summed E-state index contributed by atoms with van der Waals surface area (Å²) in [6.45, 7) is 6.46. The maximum absolute atomic E-state index is 11.7. The molecule has 0 aromatic rings. The van der Waals surface area contributed by atoms with Gasteiger partial charge >= 0.3 is 0 Å². The highest BCUT2D eigenvalue weighted by molar-refractivity contribution is 5.77. The molecule has 1 amide bonds. The molecule has 112 valence electrons. The van der Waals surface area contributed by atoms with Crippen molar-refractivity contribution in [2.45, 2.75) is 71.0 Å². The van der Waals surface area contributed by atoms with E-state index in [1.54, 1.807) is 0 Å². The van der Waals surface area contributed by atoms with Crippen LogP contribution >= 0.6 is 0 Å². The Morgan fingerprint density at radius 1 is 1.32 bits per heavy atom. The molecule has 1 aliphatic rings. The third-order valence-corrected chi connectivity index (χ3v) is 4.39. The van der Waals surface area contributed by atoms with Crippen LogP contribution in [0, 0.1) is 5.92 Å². The van der Waals surface area contributed by atoms with Crippen LogP contribution in [-0.2, 0) is 9.53 Å². The first kappa shape index (κ1) is 16.4. The largest absolute Gasteiger partial charge is 0.388 e. The van der Waals surface area contributed by atoms with Crippen LogP contribution in [0.3, 0.4) is 0 Å². The Kier molecular flexibility index (Phi) is 6.80. The molecule has 0 aromatic heterocycles. The Balaban J connectivity index is 2.24. The highest BCUT2D eigenvalue weighted by Crippen LogP contribution is 2.26. The van der Waals surface area contributed by atoms with Gasteiger partial charge < -0.3 is 15.2 Å². The van der Waals surface area contributed by atoms with Crippen molar-refractivity contribution in [1.82, 2.24) is 5.32 Å². The summed E-state index contributed by atoms with van der Waals surface area (Å²) in [5.41, 5.74) is -0.784. The monoisotopic (exact) mass is 271 g/mol. The summed E-state index contributed by atoms with van der Waals surface area (Å²) in [5.74, 6) is 0.419. The van der Waals surface area contributed by atoms with Gasteiger partial charge in [-0.15, -0.1) is 0 Å². The lowest BCUT2D eigenvalue weighted by Crippen LogP contribution is -2.43. The van der Waals surface area contributed by atoms with E-state index in [1.807, 2.05) is 13.8 Å². The molecule has 0 saturated heterocycles. The Bertz CT molecular complexity index is 277. The van der Waals surface area contributed by atoms with Gasteiger partial charge in [0.1, 0.15) is 6.61 Å². The van der Waals surface area contributed by atoms with E-state index in [0.717, 1.165) is 6.42 Å². The van der Waals surface area contributed by atoms with E-state index < -0.39 is 5.60 Å². The normalized spacial score (nSPS) is 24.2. The Morgan fingerprint density at radius 2 is 1.95 bits per heavy atom. The van der Waals surface area contributed by atoms with Gasteiger partial charge in [0.2, 0.25) is 5.91 Å². The van der Waals surface area contributed by atoms with Crippen molar-refractivity contribution >= 4 is 5.91 Å². The van der Waals surface area contributed by atoms with E-state index in [9.17, 15) is 9.90 Å². The summed E-state index contributed by atoms with van der Waals surface area (Å²) in [5, 5.41) is 12.8. The maximum atomic E-state index is 11.7. The van der Waals surface area contributed by atoms with Crippen molar-refractivity contribution < 1.29 is 14.6 Å². The summed E-state index contributed by atoms with van der Waals surface area (Å²) in [6, 6.07) is 0. The van der Waals surface area contributed by atoms with Gasteiger partial charge in [-0.25, -0.2) is 0 Å². The lowest BCUT2D eigenvalue weighted by molar-refractivity contribution is -0.130. The van der Waals surface area contributed by atoms with E-state index in [1.165, 1.54) is 19.3 Å². The lowest BCUT2D eigenvalue weighted by atomic mass is 9.88. The summed E-state index contributed by atoms with van der Waals surface area (Å²) in [4.78, 5) is 11.7. The highest BCUT2D eigenvalue weighted by Gasteiger charge is 2.24. The number of ether oxygens (including phenoxy) is 1. The molecule has 0 radical (unpaired) electrons. The number of carbonyl (C=O) groups excluding carboxylic acids is 1. The zero-order valence-corrected chi connectivity index (χ0v) is 12.6. The lowest BCUT2D eigenvalue weighted by Gasteiger charge is -2.29. The zero-order chi connectivity index (χ0) is 14.3. The summed E-state index contributed by atoms with van der Waals surface area (Å²) in [7, 11) is 0. The minimum Gasteiger partial charge on any atom is -0.388 e. The summed E-state index contributed by atoms with van der Waals surface area (Å²) < 4.78 is 5.70. The van der Waals surface area contributed by atoms with Crippen LogP contribution in [-0.4, -0.2) is 35.9 Å². The predicted molar refractivity (Wildman–Crippen MR) is 75.9 cm³/mol. The van der Waals surface area contributed by atoms with Gasteiger partial charge in [0.25, 0.3) is 0 Å². The smallest absolute Gasteiger partial charge is 0.246 e. The second kappa shape index (κ2) is 7.85. The fourth-order valence-corrected chi connectivity index (χ4v) is 2.53. The van der Waals surface area contributed by atoms with Crippen molar-refractivity contribution in [3.63, 3.8) is 0 Å². The van der Waals surface area contributed by atoms with Crippen LogP contribution in [0.5, 0.6) is 0 Å².